The van der Waals surface area contributed by atoms with Crippen molar-refractivity contribution >= 4 is 0 Å². The summed E-state index contributed by atoms with van der Waals surface area (Å²) < 4.78 is 5.49. The average molecular weight is 228 g/mol. The molecule has 86 valence electrons. The van der Waals surface area contributed by atoms with Crippen LogP contribution in [0.25, 0.3) is 0 Å². The molecule has 2 aliphatic rings. The van der Waals surface area contributed by atoms with E-state index in [4.69, 9.17) is 9.67 Å². The Morgan fingerprint density at radius 1 is 1.12 bits per heavy atom. The van der Waals surface area contributed by atoms with Gasteiger partial charge in [-0.1, -0.05) is 24.3 Å². The van der Waals surface area contributed by atoms with Crippen molar-refractivity contribution in [2.45, 2.75) is 24.4 Å². The minimum atomic E-state index is -0.361. The summed E-state index contributed by atoms with van der Waals surface area (Å²) in [5.41, 5.74) is 3.79. The van der Waals surface area contributed by atoms with E-state index in [1.54, 1.807) is 6.26 Å². The molecule has 1 aromatic heterocycles. The molecule has 0 aliphatic heterocycles. The average Bonchev–Trinajstić information content (AvgIpc) is 2.96. The highest BCUT2D eigenvalue weighted by molar-refractivity contribution is 5.50. The maximum Gasteiger partial charge on any atom is 0.157 e. The monoisotopic (exact) mass is 228 g/mol. The van der Waals surface area contributed by atoms with Crippen LogP contribution in [0.5, 0.6) is 0 Å². The third-order valence-electron chi connectivity index (χ3n) is 4.10. The van der Waals surface area contributed by atoms with Gasteiger partial charge in [-0.2, -0.15) is 0 Å². The molecule has 0 amide bonds. The Kier molecular flexibility index (Phi) is 1.79. The summed E-state index contributed by atoms with van der Waals surface area (Å²) in [6.45, 7) is 0. The Balaban J connectivity index is 1.98. The second kappa shape index (κ2) is 3.22. The highest BCUT2D eigenvalue weighted by Crippen LogP contribution is 2.57. The summed E-state index contributed by atoms with van der Waals surface area (Å²) in [7, 11) is 0. The minimum absolute atomic E-state index is 0.208. The zero-order valence-corrected chi connectivity index (χ0v) is 9.17. The second-order valence-corrected chi connectivity index (χ2v) is 4.79. The normalized spacial score (nSPS) is 28.9. The number of fused-ring (bicyclic) bond motifs is 7. The molecule has 0 radical (unpaired) electrons. The van der Waals surface area contributed by atoms with E-state index in [0.29, 0.717) is 5.92 Å². The molecule has 3 nitrogen and oxygen atoms in total. The molecule has 2 aliphatic carbocycles. The second-order valence-electron chi connectivity index (χ2n) is 4.79. The summed E-state index contributed by atoms with van der Waals surface area (Å²) in [6.07, 6.45) is 2.32. The van der Waals surface area contributed by atoms with Crippen LogP contribution in [-0.2, 0) is 4.89 Å². The highest BCUT2D eigenvalue weighted by Gasteiger charge is 2.46. The molecule has 0 saturated heterocycles. The maximum atomic E-state index is 9.14. The van der Waals surface area contributed by atoms with Gasteiger partial charge in [0.1, 0.15) is 5.76 Å². The fourth-order valence-electron chi connectivity index (χ4n) is 3.41. The van der Waals surface area contributed by atoms with Gasteiger partial charge in [-0.05, 0) is 23.6 Å². The van der Waals surface area contributed by atoms with Gasteiger partial charge in [0.25, 0.3) is 0 Å². The van der Waals surface area contributed by atoms with E-state index in [0.717, 1.165) is 17.7 Å². The van der Waals surface area contributed by atoms with Gasteiger partial charge in [-0.15, -0.1) is 0 Å². The van der Waals surface area contributed by atoms with Crippen molar-refractivity contribution in [3.63, 3.8) is 0 Å². The molecule has 0 saturated carbocycles. The van der Waals surface area contributed by atoms with Crippen LogP contribution >= 0.6 is 0 Å². The number of hydrogen-bond donors (Lipinski definition) is 1. The summed E-state index contributed by atoms with van der Waals surface area (Å²) in [5.74, 6) is 1.39. The molecule has 1 aromatic carbocycles. The largest absolute Gasteiger partial charge is 0.466 e. The molecule has 17 heavy (non-hydrogen) atoms. The van der Waals surface area contributed by atoms with Crippen molar-refractivity contribution in [3.8, 4) is 0 Å². The van der Waals surface area contributed by atoms with E-state index in [1.807, 2.05) is 12.1 Å². The van der Waals surface area contributed by atoms with Crippen LogP contribution in [0.3, 0.4) is 0 Å². The number of benzene rings is 1. The van der Waals surface area contributed by atoms with Crippen LogP contribution < -0.4 is 0 Å². The van der Waals surface area contributed by atoms with Gasteiger partial charge in [0.15, 0.2) is 6.10 Å². The zero-order valence-electron chi connectivity index (χ0n) is 9.17. The Hall–Kier alpha value is -1.58. The maximum absolute atomic E-state index is 9.14. The predicted molar refractivity (Wildman–Crippen MR) is 60.8 cm³/mol. The molecule has 0 unspecified atom stereocenters. The lowest BCUT2D eigenvalue weighted by atomic mass is 9.83. The lowest BCUT2D eigenvalue weighted by Gasteiger charge is -2.25. The van der Waals surface area contributed by atoms with E-state index in [2.05, 4.69) is 23.1 Å². The fourth-order valence-corrected chi connectivity index (χ4v) is 3.41. The van der Waals surface area contributed by atoms with Gasteiger partial charge >= 0.3 is 0 Å². The van der Waals surface area contributed by atoms with Crippen LogP contribution in [0, 0.1) is 0 Å². The lowest BCUT2D eigenvalue weighted by Crippen LogP contribution is -2.16. The molecule has 4 rings (SSSR count). The first-order valence-electron chi connectivity index (χ1n) is 5.86. The summed E-state index contributed by atoms with van der Waals surface area (Å²) in [5, 5.41) is 9.14. The van der Waals surface area contributed by atoms with Crippen molar-refractivity contribution in [1.29, 1.82) is 0 Å². The van der Waals surface area contributed by atoms with Gasteiger partial charge < -0.3 is 4.42 Å². The third-order valence-corrected chi connectivity index (χ3v) is 4.10. The standard InChI is InChI=1S/C14H12O3/c15-17-14-12-7-11(10-5-6-16-13(10)14)8-3-1-2-4-9(8)12/h1-6,11-12,14-15H,7H2/t11-,12+,14+/m1/s1. The molecular weight excluding hydrogens is 216 g/mol. The van der Waals surface area contributed by atoms with Crippen LogP contribution in [0.4, 0.5) is 0 Å². The predicted octanol–water partition coefficient (Wildman–Crippen LogP) is 3.44. The highest BCUT2D eigenvalue weighted by atomic mass is 17.1. The van der Waals surface area contributed by atoms with E-state index >= 15 is 0 Å². The van der Waals surface area contributed by atoms with Crippen molar-refractivity contribution in [3.05, 3.63) is 59.0 Å². The van der Waals surface area contributed by atoms with E-state index in [9.17, 15) is 0 Å². The van der Waals surface area contributed by atoms with Gasteiger partial charge in [-0.25, -0.2) is 4.89 Å². The van der Waals surface area contributed by atoms with E-state index in [1.165, 1.54) is 11.1 Å². The SMILES string of the molecule is OO[C@@H]1c2occc2[C@@H]2C[C@H]1c1ccccc12. The Morgan fingerprint density at radius 3 is 2.76 bits per heavy atom. The molecule has 1 heterocycles. The number of furan rings is 1. The first-order chi connectivity index (χ1) is 8.40. The molecule has 3 atom stereocenters. The fraction of sp³-hybridized carbons (Fsp3) is 0.286. The first kappa shape index (κ1) is 9.45. The van der Waals surface area contributed by atoms with Crippen molar-refractivity contribution in [1.82, 2.24) is 0 Å². The van der Waals surface area contributed by atoms with Gasteiger partial charge in [0.05, 0.1) is 6.26 Å². The van der Waals surface area contributed by atoms with Crippen LogP contribution in [-0.4, -0.2) is 5.26 Å². The van der Waals surface area contributed by atoms with Crippen molar-refractivity contribution in [2.24, 2.45) is 0 Å². The smallest absolute Gasteiger partial charge is 0.157 e. The minimum Gasteiger partial charge on any atom is -0.466 e. The molecular formula is C14H12O3. The van der Waals surface area contributed by atoms with Crippen molar-refractivity contribution < 1.29 is 14.6 Å². The van der Waals surface area contributed by atoms with Crippen LogP contribution in [0.1, 0.15) is 46.8 Å². The van der Waals surface area contributed by atoms with Gasteiger partial charge in [0, 0.05) is 17.4 Å². The number of hydrogen-bond acceptors (Lipinski definition) is 3. The lowest BCUT2D eigenvalue weighted by molar-refractivity contribution is -0.292. The molecule has 2 bridgehead atoms. The molecule has 2 aromatic rings. The molecule has 0 spiro atoms. The molecule has 1 N–H and O–H groups in total. The Bertz CT molecular complexity index is 572. The third kappa shape index (κ3) is 1.08. The quantitative estimate of drug-likeness (QED) is 0.600. The first-order valence-corrected chi connectivity index (χ1v) is 5.86. The topological polar surface area (TPSA) is 42.6 Å². The van der Waals surface area contributed by atoms with E-state index in [-0.39, 0.29) is 12.0 Å². The Labute approximate surface area is 98.6 Å². The summed E-state index contributed by atoms with van der Waals surface area (Å²) >= 11 is 0. The molecule has 3 heteroatoms. The molecule has 0 fully saturated rings. The van der Waals surface area contributed by atoms with Crippen LogP contribution in [0.15, 0.2) is 41.0 Å². The zero-order chi connectivity index (χ0) is 11.4. The summed E-state index contributed by atoms with van der Waals surface area (Å²) in [6, 6.07) is 10.4. The van der Waals surface area contributed by atoms with E-state index < -0.39 is 0 Å². The Morgan fingerprint density at radius 2 is 1.94 bits per heavy atom. The number of rotatable bonds is 1. The van der Waals surface area contributed by atoms with Crippen LogP contribution in [0.2, 0.25) is 0 Å². The van der Waals surface area contributed by atoms with Gasteiger partial charge in [0.2, 0.25) is 0 Å². The van der Waals surface area contributed by atoms with Gasteiger partial charge in [-0.3, -0.25) is 5.26 Å². The summed E-state index contributed by atoms with van der Waals surface area (Å²) in [4.78, 5) is 4.67. The van der Waals surface area contributed by atoms with Crippen molar-refractivity contribution in [2.75, 3.05) is 0 Å².